The molecule has 6 nitrogen and oxygen atoms in total. The molecule has 1 saturated heterocycles. The van der Waals surface area contributed by atoms with E-state index in [1.165, 1.54) is 36.1 Å². The van der Waals surface area contributed by atoms with Crippen molar-refractivity contribution in [1.82, 2.24) is 9.80 Å². The van der Waals surface area contributed by atoms with E-state index in [1.807, 2.05) is 0 Å². The highest BCUT2D eigenvalue weighted by atomic mass is 19.4. The molecule has 2 rings (SSSR count). The molecule has 2 amide bonds. The molecule has 0 bridgehead atoms. The van der Waals surface area contributed by atoms with Crippen LogP contribution in [0.15, 0.2) is 24.3 Å². The average Bonchev–Trinajstić information content (AvgIpc) is 2.62. The summed E-state index contributed by atoms with van der Waals surface area (Å²) >= 11 is 0. The van der Waals surface area contributed by atoms with Crippen molar-refractivity contribution in [2.24, 2.45) is 5.92 Å². The fraction of sp³-hybridized carbons (Fsp3) is 0.500. The summed E-state index contributed by atoms with van der Waals surface area (Å²) in [4.78, 5) is 38.5. The van der Waals surface area contributed by atoms with Crippen LogP contribution in [0.1, 0.15) is 24.0 Å². The Balaban J connectivity index is 2.06. The minimum Gasteiger partial charge on any atom is -0.468 e. The topological polar surface area (TPSA) is 66.9 Å². The fourth-order valence-electron chi connectivity index (χ4n) is 2.98. The summed E-state index contributed by atoms with van der Waals surface area (Å²) in [6.45, 7) is -0.111. The summed E-state index contributed by atoms with van der Waals surface area (Å²) in [5, 5.41) is 0. The summed E-state index contributed by atoms with van der Waals surface area (Å²) in [6.07, 6.45) is -4.00. The van der Waals surface area contributed by atoms with Gasteiger partial charge in [-0.25, -0.2) is 0 Å². The van der Waals surface area contributed by atoms with Crippen molar-refractivity contribution in [3.8, 4) is 0 Å². The molecule has 1 aromatic carbocycles. The van der Waals surface area contributed by atoms with E-state index in [0.29, 0.717) is 12.0 Å². The Hall–Kier alpha value is -2.58. The van der Waals surface area contributed by atoms with Crippen LogP contribution in [-0.2, 0) is 31.8 Å². The van der Waals surface area contributed by atoms with Crippen molar-refractivity contribution in [2.75, 3.05) is 27.2 Å². The number of likely N-dealkylation sites (N-methyl/N-ethyl adjacent to an activating group) is 1. The van der Waals surface area contributed by atoms with Crippen molar-refractivity contribution in [3.05, 3.63) is 35.4 Å². The van der Waals surface area contributed by atoms with Gasteiger partial charge in [-0.3, -0.25) is 14.4 Å². The molecule has 148 valence electrons. The molecule has 0 N–H and O–H groups in total. The number of benzene rings is 1. The van der Waals surface area contributed by atoms with Gasteiger partial charge in [0.2, 0.25) is 11.8 Å². The first-order valence-electron chi connectivity index (χ1n) is 8.37. The van der Waals surface area contributed by atoms with Gasteiger partial charge in [0, 0.05) is 26.6 Å². The van der Waals surface area contributed by atoms with Gasteiger partial charge < -0.3 is 14.5 Å². The number of alkyl halides is 3. The lowest BCUT2D eigenvalue weighted by Crippen LogP contribution is -2.46. The summed E-state index contributed by atoms with van der Waals surface area (Å²) in [5.41, 5.74) is -0.441. The second kappa shape index (κ2) is 8.41. The first kappa shape index (κ1) is 20.7. The minimum absolute atomic E-state index is 0.00670. The van der Waals surface area contributed by atoms with E-state index in [9.17, 15) is 27.6 Å². The van der Waals surface area contributed by atoms with E-state index in [-0.39, 0.29) is 37.9 Å². The first-order chi connectivity index (χ1) is 12.6. The van der Waals surface area contributed by atoms with Crippen molar-refractivity contribution in [3.63, 3.8) is 0 Å². The molecule has 0 radical (unpaired) electrons. The molecular weight excluding hydrogens is 365 g/mol. The zero-order chi connectivity index (χ0) is 20.2. The van der Waals surface area contributed by atoms with Crippen molar-refractivity contribution < 1.29 is 32.3 Å². The third-order valence-corrected chi connectivity index (χ3v) is 4.45. The highest BCUT2D eigenvalue weighted by molar-refractivity contribution is 5.86. The molecular formula is C18H21F3N2O4. The molecule has 1 aliphatic rings. The van der Waals surface area contributed by atoms with Crippen LogP contribution in [0.5, 0.6) is 0 Å². The van der Waals surface area contributed by atoms with Gasteiger partial charge >= 0.3 is 12.1 Å². The molecule has 9 heteroatoms. The Labute approximate surface area is 154 Å². The minimum atomic E-state index is -4.46. The number of esters is 1. The van der Waals surface area contributed by atoms with Crippen molar-refractivity contribution in [1.29, 1.82) is 0 Å². The van der Waals surface area contributed by atoms with E-state index in [0.717, 1.165) is 12.1 Å². The number of halogens is 3. The van der Waals surface area contributed by atoms with E-state index < -0.39 is 23.6 Å². The maximum atomic E-state index is 12.8. The SMILES string of the molecule is COC(=O)CN(C)C(=O)C1CCC(=O)N(Cc2cccc(C(F)(F)F)c2)C1. The Bertz CT molecular complexity index is 721. The van der Waals surface area contributed by atoms with Crippen molar-refractivity contribution >= 4 is 17.8 Å². The van der Waals surface area contributed by atoms with Crippen LogP contribution in [0, 0.1) is 5.92 Å². The number of amides is 2. The number of carbonyl (C=O) groups excluding carboxylic acids is 3. The van der Waals surface area contributed by atoms with E-state index in [4.69, 9.17) is 0 Å². The third kappa shape index (κ3) is 5.45. The van der Waals surface area contributed by atoms with Crippen molar-refractivity contribution in [2.45, 2.75) is 25.6 Å². The Kier molecular flexibility index (Phi) is 6.45. The van der Waals surface area contributed by atoms with Gasteiger partial charge in [-0.05, 0) is 24.1 Å². The molecule has 27 heavy (non-hydrogen) atoms. The number of ether oxygens (including phenoxy) is 1. The molecule has 1 unspecified atom stereocenters. The number of nitrogens with zero attached hydrogens (tertiary/aromatic N) is 2. The van der Waals surface area contributed by atoms with Crippen LogP contribution in [0.4, 0.5) is 13.2 Å². The smallest absolute Gasteiger partial charge is 0.416 e. The van der Waals surface area contributed by atoms with E-state index in [2.05, 4.69) is 4.74 Å². The van der Waals surface area contributed by atoms with Gasteiger partial charge in [-0.2, -0.15) is 13.2 Å². The van der Waals surface area contributed by atoms with Gasteiger partial charge in [-0.15, -0.1) is 0 Å². The number of carbonyl (C=O) groups is 3. The molecule has 1 fully saturated rings. The third-order valence-electron chi connectivity index (χ3n) is 4.45. The predicted octanol–water partition coefficient (Wildman–Crippen LogP) is 2.08. The van der Waals surface area contributed by atoms with Gasteiger partial charge in [0.05, 0.1) is 18.6 Å². The van der Waals surface area contributed by atoms with Gasteiger partial charge in [0.15, 0.2) is 0 Å². The van der Waals surface area contributed by atoms with Gasteiger partial charge in [0.1, 0.15) is 6.54 Å². The van der Waals surface area contributed by atoms with E-state index in [1.54, 1.807) is 0 Å². The van der Waals surface area contributed by atoms with Gasteiger partial charge in [-0.1, -0.05) is 12.1 Å². The quantitative estimate of drug-likeness (QED) is 0.727. The zero-order valence-corrected chi connectivity index (χ0v) is 15.1. The molecule has 0 aromatic heterocycles. The molecule has 1 atom stereocenters. The lowest BCUT2D eigenvalue weighted by Gasteiger charge is -2.33. The molecule has 1 aromatic rings. The monoisotopic (exact) mass is 386 g/mol. The Morgan fingerprint density at radius 3 is 2.67 bits per heavy atom. The Morgan fingerprint density at radius 2 is 2.04 bits per heavy atom. The lowest BCUT2D eigenvalue weighted by molar-refractivity contribution is -0.150. The van der Waals surface area contributed by atoms with Crippen LogP contribution >= 0.6 is 0 Å². The fourth-order valence-corrected chi connectivity index (χ4v) is 2.98. The van der Waals surface area contributed by atoms with Crippen LogP contribution in [0.25, 0.3) is 0 Å². The largest absolute Gasteiger partial charge is 0.468 e. The summed E-state index contributed by atoms with van der Waals surface area (Å²) in [5.74, 6) is -1.59. The van der Waals surface area contributed by atoms with E-state index >= 15 is 0 Å². The molecule has 0 spiro atoms. The molecule has 1 heterocycles. The second-order valence-electron chi connectivity index (χ2n) is 6.48. The maximum Gasteiger partial charge on any atom is 0.416 e. The van der Waals surface area contributed by atoms with Crippen LogP contribution < -0.4 is 0 Å². The highest BCUT2D eigenvalue weighted by Crippen LogP contribution is 2.30. The summed E-state index contributed by atoms with van der Waals surface area (Å²) in [6, 6.07) is 4.77. The predicted molar refractivity (Wildman–Crippen MR) is 89.2 cm³/mol. The summed E-state index contributed by atoms with van der Waals surface area (Å²) in [7, 11) is 2.68. The Morgan fingerprint density at radius 1 is 1.33 bits per heavy atom. The number of methoxy groups -OCH3 is 1. The normalized spacial score (nSPS) is 17.6. The maximum absolute atomic E-state index is 12.8. The van der Waals surface area contributed by atoms with Crippen LogP contribution in [0.3, 0.4) is 0 Å². The first-order valence-corrected chi connectivity index (χ1v) is 8.37. The molecule has 0 aliphatic carbocycles. The number of likely N-dealkylation sites (tertiary alicyclic amines) is 1. The highest BCUT2D eigenvalue weighted by Gasteiger charge is 2.33. The number of hydrogen-bond donors (Lipinski definition) is 0. The van der Waals surface area contributed by atoms with Gasteiger partial charge in [0.25, 0.3) is 0 Å². The van der Waals surface area contributed by atoms with Crippen LogP contribution in [0.2, 0.25) is 0 Å². The lowest BCUT2D eigenvalue weighted by atomic mass is 9.95. The molecule has 0 saturated carbocycles. The average molecular weight is 386 g/mol. The van der Waals surface area contributed by atoms with Crippen LogP contribution in [-0.4, -0.2) is 54.8 Å². The standard InChI is InChI=1S/C18H21F3N2O4/c1-22(11-16(25)27-2)17(26)13-6-7-15(24)23(10-13)9-12-4-3-5-14(8-12)18(19,20)21/h3-5,8,13H,6-7,9-11H2,1-2H3. The second-order valence-corrected chi connectivity index (χ2v) is 6.48. The molecule has 1 aliphatic heterocycles. The number of rotatable bonds is 5. The number of piperidine rings is 1. The zero-order valence-electron chi connectivity index (χ0n) is 15.1. The summed E-state index contributed by atoms with van der Waals surface area (Å²) < 4.78 is 43.1. The number of hydrogen-bond acceptors (Lipinski definition) is 4.